The third-order valence-electron chi connectivity index (χ3n) is 5.17. The molecular formula is C21H25ClN2O4S. The fraction of sp³-hybridized carbons (Fsp3) is 0.381. The van der Waals surface area contributed by atoms with E-state index >= 15 is 0 Å². The number of carbonyl (C=O) groups is 1. The summed E-state index contributed by atoms with van der Waals surface area (Å²) < 4.78 is 32.2. The molecule has 8 heteroatoms. The molecule has 2 aromatic rings. The lowest BCUT2D eigenvalue weighted by Crippen LogP contribution is -2.42. The van der Waals surface area contributed by atoms with Crippen molar-refractivity contribution in [3.05, 3.63) is 58.6 Å². The Hall–Kier alpha value is -2.09. The molecule has 156 valence electrons. The van der Waals surface area contributed by atoms with Crippen LogP contribution in [-0.2, 0) is 21.4 Å². The first-order valence-electron chi connectivity index (χ1n) is 9.48. The van der Waals surface area contributed by atoms with Crippen molar-refractivity contribution in [2.75, 3.05) is 20.2 Å². The Labute approximate surface area is 176 Å². The van der Waals surface area contributed by atoms with E-state index in [2.05, 4.69) is 5.32 Å². The lowest BCUT2D eigenvalue weighted by molar-refractivity contribution is -0.126. The monoisotopic (exact) mass is 436 g/mol. The molecule has 0 atom stereocenters. The largest absolute Gasteiger partial charge is 0.495 e. The Kier molecular flexibility index (Phi) is 6.82. The third kappa shape index (κ3) is 5.10. The van der Waals surface area contributed by atoms with Gasteiger partial charge in [0.15, 0.2) is 0 Å². The normalized spacial score (nSPS) is 15.8. The summed E-state index contributed by atoms with van der Waals surface area (Å²) in [5, 5.41) is 3.20. The van der Waals surface area contributed by atoms with Crippen LogP contribution in [0.4, 0.5) is 0 Å². The molecule has 0 aliphatic carbocycles. The summed E-state index contributed by atoms with van der Waals surface area (Å²) in [5.74, 6) is 0.205. The summed E-state index contributed by atoms with van der Waals surface area (Å²) in [6.45, 7) is 3.09. The SMILES string of the molecule is COc1ccc(S(=O)(=O)N2CCC(C(=O)NCc3ccc(C)cc3)CC2)cc1Cl. The molecule has 29 heavy (non-hydrogen) atoms. The summed E-state index contributed by atoms with van der Waals surface area (Å²) in [7, 11) is -2.18. The average molecular weight is 437 g/mol. The number of sulfonamides is 1. The van der Waals surface area contributed by atoms with Gasteiger partial charge in [0.2, 0.25) is 15.9 Å². The number of ether oxygens (including phenoxy) is 1. The molecule has 1 amide bonds. The lowest BCUT2D eigenvalue weighted by atomic mass is 9.97. The number of piperidine rings is 1. The number of nitrogens with one attached hydrogen (secondary N) is 1. The molecule has 1 saturated heterocycles. The van der Waals surface area contributed by atoms with Gasteiger partial charge in [-0.05, 0) is 43.5 Å². The molecule has 1 heterocycles. The minimum atomic E-state index is -3.66. The molecular weight excluding hydrogens is 412 g/mol. The van der Waals surface area contributed by atoms with Gasteiger partial charge in [0, 0.05) is 25.6 Å². The van der Waals surface area contributed by atoms with Gasteiger partial charge in [-0.1, -0.05) is 41.4 Å². The van der Waals surface area contributed by atoms with Gasteiger partial charge in [0.05, 0.1) is 17.0 Å². The quantitative estimate of drug-likeness (QED) is 0.753. The van der Waals surface area contributed by atoms with E-state index in [1.54, 1.807) is 6.07 Å². The van der Waals surface area contributed by atoms with Gasteiger partial charge in [0.25, 0.3) is 0 Å². The van der Waals surface area contributed by atoms with Crippen molar-refractivity contribution in [1.82, 2.24) is 9.62 Å². The number of halogens is 1. The zero-order valence-corrected chi connectivity index (χ0v) is 18.1. The molecule has 1 aliphatic heterocycles. The van der Waals surface area contributed by atoms with Gasteiger partial charge in [-0.15, -0.1) is 0 Å². The Morgan fingerprint density at radius 1 is 1.17 bits per heavy atom. The smallest absolute Gasteiger partial charge is 0.243 e. The van der Waals surface area contributed by atoms with Crippen molar-refractivity contribution in [2.24, 2.45) is 5.92 Å². The summed E-state index contributed by atoms with van der Waals surface area (Å²) in [4.78, 5) is 12.6. The first-order valence-corrected chi connectivity index (χ1v) is 11.3. The topological polar surface area (TPSA) is 75.7 Å². The number of benzene rings is 2. The first-order chi connectivity index (χ1) is 13.8. The molecule has 0 saturated carbocycles. The van der Waals surface area contributed by atoms with Gasteiger partial charge in [-0.3, -0.25) is 4.79 Å². The van der Waals surface area contributed by atoms with Gasteiger partial charge in [-0.2, -0.15) is 4.31 Å². The Bertz CT molecular complexity index is 969. The van der Waals surface area contributed by atoms with Gasteiger partial charge in [-0.25, -0.2) is 8.42 Å². The summed E-state index contributed by atoms with van der Waals surface area (Å²) in [6, 6.07) is 12.4. The van der Waals surface area contributed by atoms with E-state index in [1.165, 1.54) is 29.1 Å². The van der Waals surface area contributed by atoms with Crippen molar-refractivity contribution in [3.8, 4) is 5.75 Å². The van der Waals surface area contributed by atoms with Gasteiger partial charge < -0.3 is 10.1 Å². The highest BCUT2D eigenvalue weighted by molar-refractivity contribution is 7.89. The molecule has 0 spiro atoms. The van der Waals surface area contributed by atoms with E-state index in [1.807, 2.05) is 31.2 Å². The average Bonchev–Trinajstić information content (AvgIpc) is 2.73. The molecule has 3 rings (SSSR count). The fourth-order valence-corrected chi connectivity index (χ4v) is 5.17. The third-order valence-corrected chi connectivity index (χ3v) is 7.36. The van der Waals surface area contributed by atoms with Crippen LogP contribution < -0.4 is 10.1 Å². The van der Waals surface area contributed by atoms with E-state index < -0.39 is 10.0 Å². The molecule has 0 bridgehead atoms. The van der Waals surface area contributed by atoms with Crippen LogP contribution in [0.5, 0.6) is 5.75 Å². The number of amides is 1. The van der Waals surface area contributed by atoms with Crippen LogP contribution in [0.3, 0.4) is 0 Å². The van der Waals surface area contributed by atoms with Gasteiger partial charge >= 0.3 is 0 Å². The van der Waals surface area contributed by atoms with E-state index in [0.29, 0.717) is 38.2 Å². The van der Waals surface area contributed by atoms with E-state index in [4.69, 9.17) is 16.3 Å². The molecule has 1 aliphatic rings. The highest BCUT2D eigenvalue weighted by Crippen LogP contribution is 2.30. The number of nitrogens with zero attached hydrogens (tertiary/aromatic N) is 1. The van der Waals surface area contributed by atoms with E-state index in [0.717, 1.165) is 5.56 Å². The van der Waals surface area contributed by atoms with Crippen molar-refractivity contribution >= 4 is 27.5 Å². The summed E-state index contributed by atoms with van der Waals surface area (Å²) >= 11 is 6.07. The van der Waals surface area contributed by atoms with Crippen LogP contribution in [0.25, 0.3) is 0 Å². The van der Waals surface area contributed by atoms with Crippen molar-refractivity contribution in [2.45, 2.75) is 31.2 Å². The second-order valence-corrected chi connectivity index (χ2v) is 9.52. The maximum atomic E-state index is 12.9. The Morgan fingerprint density at radius 2 is 1.83 bits per heavy atom. The lowest BCUT2D eigenvalue weighted by Gasteiger charge is -2.30. The van der Waals surface area contributed by atoms with E-state index in [9.17, 15) is 13.2 Å². The molecule has 1 N–H and O–H groups in total. The molecule has 0 radical (unpaired) electrons. The number of methoxy groups -OCH3 is 1. The number of carbonyl (C=O) groups excluding carboxylic acids is 1. The zero-order valence-electron chi connectivity index (χ0n) is 16.5. The molecule has 0 unspecified atom stereocenters. The Morgan fingerprint density at radius 3 is 2.41 bits per heavy atom. The van der Waals surface area contributed by atoms with Crippen LogP contribution in [0.2, 0.25) is 5.02 Å². The molecule has 6 nitrogen and oxygen atoms in total. The minimum Gasteiger partial charge on any atom is -0.495 e. The van der Waals surface area contributed by atoms with Crippen LogP contribution in [0, 0.1) is 12.8 Å². The minimum absolute atomic E-state index is 0.0323. The number of aryl methyl sites for hydroxylation is 1. The highest BCUT2D eigenvalue weighted by Gasteiger charge is 2.32. The second kappa shape index (κ2) is 9.15. The van der Waals surface area contributed by atoms with Crippen LogP contribution >= 0.6 is 11.6 Å². The van der Waals surface area contributed by atoms with Crippen molar-refractivity contribution in [1.29, 1.82) is 0 Å². The molecule has 2 aromatic carbocycles. The van der Waals surface area contributed by atoms with Crippen molar-refractivity contribution < 1.29 is 17.9 Å². The van der Waals surface area contributed by atoms with Crippen LogP contribution in [-0.4, -0.2) is 38.8 Å². The maximum Gasteiger partial charge on any atom is 0.243 e. The van der Waals surface area contributed by atoms with E-state index in [-0.39, 0.29) is 21.7 Å². The fourth-order valence-electron chi connectivity index (χ4n) is 3.35. The molecule has 0 aromatic heterocycles. The maximum absolute atomic E-state index is 12.9. The van der Waals surface area contributed by atoms with Gasteiger partial charge in [0.1, 0.15) is 5.75 Å². The number of hydrogen-bond donors (Lipinski definition) is 1. The van der Waals surface area contributed by atoms with Crippen molar-refractivity contribution in [3.63, 3.8) is 0 Å². The Balaban J connectivity index is 1.57. The first kappa shape index (κ1) is 21.6. The second-order valence-electron chi connectivity index (χ2n) is 7.18. The summed E-state index contributed by atoms with van der Waals surface area (Å²) in [5.41, 5.74) is 2.21. The number of rotatable bonds is 6. The standard InChI is InChI=1S/C21H25ClN2O4S/c1-15-3-5-16(6-4-15)14-23-21(25)17-9-11-24(12-10-17)29(26,27)18-7-8-20(28-2)19(22)13-18/h3-8,13,17H,9-12,14H2,1-2H3,(H,23,25). The molecule has 1 fully saturated rings. The summed E-state index contributed by atoms with van der Waals surface area (Å²) in [6.07, 6.45) is 0.978. The van der Waals surface area contributed by atoms with Crippen LogP contribution in [0.15, 0.2) is 47.4 Å². The number of hydrogen-bond acceptors (Lipinski definition) is 4. The van der Waals surface area contributed by atoms with Crippen LogP contribution in [0.1, 0.15) is 24.0 Å². The predicted molar refractivity (Wildman–Crippen MR) is 113 cm³/mol. The highest BCUT2D eigenvalue weighted by atomic mass is 35.5. The zero-order chi connectivity index (χ0) is 21.0. The predicted octanol–water partition coefficient (Wildman–Crippen LogP) is 3.37.